The third kappa shape index (κ3) is 1.50. The normalized spacial score (nSPS) is 38.9. The summed E-state index contributed by atoms with van der Waals surface area (Å²) in [4.78, 5) is 0. The van der Waals surface area contributed by atoms with Crippen LogP contribution in [0.15, 0.2) is 12.2 Å². The van der Waals surface area contributed by atoms with Gasteiger partial charge in [-0.15, -0.1) is 0 Å². The number of allylic oxidation sites excluding steroid dienone is 1. The molecule has 0 aromatic rings. The first-order chi connectivity index (χ1) is 5.09. The molecule has 0 aromatic heterocycles. The van der Waals surface area contributed by atoms with Crippen molar-refractivity contribution in [1.82, 2.24) is 0 Å². The zero-order chi connectivity index (χ0) is 8.06. The molecule has 2 saturated carbocycles. The second-order valence-corrected chi connectivity index (χ2v) is 5.03. The van der Waals surface area contributed by atoms with Gasteiger partial charge in [0.05, 0.1) is 0 Å². The van der Waals surface area contributed by atoms with Crippen molar-refractivity contribution in [3.05, 3.63) is 12.2 Å². The average Bonchev–Trinajstić information content (AvgIpc) is 2.70. The van der Waals surface area contributed by atoms with E-state index in [9.17, 15) is 0 Å². The number of rotatable bonds is 3. The highest BCUT2D eigenvalue weighted by Gasteiger charge is 2.45. The van der Waals surface area contributed by atoms with E-state index in [0.29, 0.717) is 5.41 Å². The van der Waals surface area contributed by atoms with Gasteiger partial charge in [-0.05, 0) is 42.9 Å². The van der Waals surface area contributed by atoms with Gasteiger partial charge in [0.2, 0.25) is 0 Å². The number of hydrogen-bond donors (Lipinski definition) is 0. The minimum atomic E-state index is 0.691. The summed E-state index contributed by atoms with van der Waals surface area (Å²) < 4.78 is 0. The van der Waals surface area contributed by atoms with E-state index in [1.165, 1.54) is 31.3 Å². The van der Waals surface area contributed by atoms with E-state index in [2.05, 4.69) is 20.4 Å². The average molecular weight is 150 g/mol. The zero-order valence-electron chi connectivity index (χ0n) is 7.69. The fraction of sp³-hybridized carbons (Fsp3) is 0.818. The third-order valence-corrected chi connectivity index (χ3v) is 3.51. The van der Waals surface area contributed by atoms with Crippen molar-refractivity contribution in [2.45, 2.75) is 39.5 Å². The van der Waals surface area contributed by atoms with Crippen LogP contribution >= 0.6 is 0 Å². The lowest BCUT2D eigenvalue weighted by molar-refractivity contribution is 0.507. The van der Waals surface area contributed by atoms with E-state index in [4.69, 9.17) is 0 Å². The molecule has 62 valence electrons. The molecule has 0 spiro atoms. The molecular weight excluding hydrogens is 132 g/mol. The summed E-state index contributed by atoms with van der Waals surface area (Å²) in [6, 6.07) is 0. The molecule has 0 heterocycles. The number of hydrogen-bond acceptors (Lipinski definition) is 0. The van der Waals surface area contributed by atoms with E-state index in [1.807, 2.05) is 0 Å². The van der Waals surface area contributed by atoms with Gasteiger partial charge in [-0.3, -0.25) is 0 Å². The maximum Gasteiger partial charge on any atom is -0.0168 e. The van der Waals surface area contributed by atoms with Crippen molar-refractivity contribution in [1.29, 1.82) is 0 Å². The van der Waals surface area contributed by atoms with Gasteiger partial charge in [-0.25, -0.2) is 0 Å². The lowest BCUT2D eigenvalue weighted by atomic mass is 10.0. The fourth-order valence-corrected chi connectivity index (χ4v) is 2.04. The molecular formula is C11H18. The standard InChI is InChI=1S/C11H18/c1-8-6-9(8)4-5-10-7-11(10,2)3/h9-10H,1,4-7H2,2-3H3. The van der Waals surface area contributed by atoms with Crippen molar-refractivity contribution in [2.75, 3.05) is 0 Å². The van der Waals surface area contributed by atoms with Gasteiger partial charge in [-0.2, -0.15) is 0 Å². The Labute approximate surface area is 69.7 Å². The lowest BCUT2D eigenvalue weighted by Crippen LogP contribution is -1.90. The van der Waals surface area contributed by atoms with Crippen LogP contribution in [0.3, 0.4) is 0 Å². The molecule has 0 nitrogen and oxygen atoms in total. The maximum atomic E-state index is 3.98. The molecule has 0 heteroatoms. The summed E-state index contributed by atoms with van der Waals surface area (Å²) in [6.07, 6.45) is 5.67. The summed E-state index contributed by atoms with van der Waals surface area (Å²) in [7, 11) is 0. The summed E-state index contributed by atoms with van der Waals surface area (Å²) in [5, 5.41) is 0. The molecule has 2 atom stereocenters. The van der Waals surface area contributed by atoms with Crippen LogP contribution in [0, 0.1) is 17.3 Å². The summed E-state index contributed by atoms with van der Waals surface area (Å²) >= 11 is 0. The Morgan fingerprint density at radius 3 is 2.36 bits per heavy atom. The Morgan fingerprint density at radius 2 is 2.00 bits per heavy atom. The predicted molar refractivity (Wildman–Crippen MR) is 48.4 cm³/mol. The Hall–Kier alpha value is -0.260. The molecule has 0 radical (unpaired) electrons. The van der Waals surface area contributed by atoms with Crippen molar-refractivity contribution >= 4 is 0 Å². The molecule has 11 heavy (non-hydrogen) atoms. The van der Waals surface area contributed by atoms with Crippen molar-refractivity contribution < 1.29 is 0 Å². The smallest absolute Gasteiger partial charge is 0.0168 e. The zero-order valence-corrected chi connectivity index (χ0v) is 7.69. The Morgan fingerprint density at radius 1 is 1.45 bits per heavy atom. The van der Waals surface area contributed by atoms with Crippen molar-refractivity contribution in [3.8, 4) is 0 Å². The van der Waals surface area contributed by atoms with Crippen molar-refractivity contribution in [2.24, 2.45) is 17.3 Å². The van der Waals surface area contributed by atoms with Gasteiger partial charge >= 0.3 is 0 Å². The Bertz CT molecular complexity index is 188. The van der Waals surface area contributed by atoms with E-state index >= 15 is 0 Å². The van der Waals surface area contributed by atoms with E-state index in [1.54, 1.807) is 0 Å². The predicted octanol–water partition coefficient (Wildman–Crippen LogP) is 3.39. The van der Waals surface area contributed by atoms with Gasteiger partial charge in [0.1, 0.15) is 0 Å². The van der Waals surface area contributed by atoms with Crippen LogP contribution in [0.1, 0.15) is 39.5 Å². The van der Waals surface area contributed by atoms with E-state index in [0.717, 1.165) is 11.8 Å². The second kappa shape index (κ2) is 2.12. The molecule has 0 bridgehead atoms. The minimum absolute atomic E-state index is 0.691. The summed E-state index contributed by atoms with van der Waals surface area (Å²) in [6.45, 7) is 8.76. The molecule has 0 amide bonds. The largest absolute Gasteiger partial charge is 0.0995 e. The Balaban J connectivity index is 1.66. The molecule has 0 aliphatic heterocycles. The molecule has 2 aliphatic carbocycles. The van der Waals surface area contributed by atoms with Gasteiger partial charge in [-0.1, -0.05) is 26.0 Å². The topological polar surface area (TPSA) is 0 Å². The van der Waals surface area contributed by atoms with Gasteiger partial charge < -0.3 is 0 Å². The molecule has 2 unspecified atom stereocenters. The van der Waals surface area contributed by atoms with Crippen LogP contribution in [0.25, 0.3) is 0 Å². The highest BCUT2D eigenvalue weighted by Crippen LogP contribution is 2.55. The molecule has 0 N–H and O–H groups in total. The highest BCUT2D eigenvalue weighted by molar-refractivity contribution is 5.18. The second-order valence-electron chi connectivity index (χ2n) is 5.03. The van der Waals surface area contributed by atoms with E-state index < -0.39 is 0 Å². The fourth-order valence-electron chi connectivity index (χ4n) is 2.04. The molecule has 2 fully saturated rings. The monoisotopic (exact) mass is 150 g/mol. The minimum Gasteiger partial charge on any atom is -0.0995 e. The molecule has 0 saturated heterocycles. The molecule has 2 rings (SSSR count). The first-order valence-electron chi connectivity index (χ1n) is 4.77. The SMILES string of the molecule is C=C1CC1CCC1CC1(C)C. The highest BCUT2D eigenvalue weighted by atomic mass is 14.5. The molecule has 2 aliphatic rings. The van der Waals surface area contributed by atoms with Gasteiger partial charge in [0.25, 0.3) is 0 Å². The van der Waals surface area contributed by atoms with Crippen LogP contribution in [-0.2, 0) is 0 Å². The third-order valence-electron chi connectivity index (χ3n) is 3.51. The van der Waals surface area contributed by atoms with Gasteiger partial charge in [0.15, 0.2) is 0 Å². The van der Waals surface area contributed by atoms with Gasteiger partial charge in [0, 0.05) is 0 Å². The van der Waals surface area contributed by atoms with Crippen LogP contribution in [0.2, 0.25) is 0 Å². The maximum absolute atomic E-state index is 3.98. The lowest BCUT2D eigenvalue weighted by Gasteiger charge is -2.00. The van der Waals surface area contributed by atoms with Crippen molar-refractivity contribution in [3.63, 3.8) is 0 Å². The molecule has 0 aromatic carbocycles. The van der Waals surface area contributed by atoms with Crippen LogP contribution in [-0.4, -0.2) is 0 Å². The summed E-state index contributed by atoms with van der Waals surface area (Å²) in [5.74, 6) is 1.96. The van der Waals surface area contributed by atoms with Crippen LogP contribution in [0.5, 0.6) is 0 Å². The van der Waals surface area contributed by atoms with Crippen LogP contribution in [0.4, 0.5) is 0 Å². The quantitative estimate of drug-likeness (QED) is 0.541. The summed E-state index contributed by atoms with van der Waals surface area (Å²) in [5.41, 5.74) is 2.19. The van der Waals surface area contributed by atoms with E-state index in [-0.39, 0.29) is 0 Å². The first-order valence-corrected chi connectivity index (χ1v) is 4.77. The first kappa shape index (κ1) is 7.39. The Kier molecular flexibility index (Phi) is 1.42. The van der Waals surface area contributed by atoms with Crippen LogP contribution < -0.4 is 0 Å².